The van der Waals surface area contributed by atoms with E-state index in [0.717, 1.165) is 18.9 Å². The standard InChI is InChI=1S/C10H12ClN3S/c1-14-9(11)5-13-10(14)6-12-4-8-2-3-15-7-8/h2-3,5,7,12H,4,6H2,1H3. The van der Waals surface area contributed by atoms with E-state index in [4.69, 9.17) is 11.6 Å². The Morgan fingerprint density at radius 3 is 3.00 bits per heavy atom. The summed E-state index contributed by atoms with van der Waals surface area (Å²) in [7, 11) is 1.91. The third-order valence-electron chi connectivity index (χ3n) is 2.22. The monoisotopic (exact) mass is 241 g/mol. The van der Waals surface area contributed by atoms with E-state index in [-0.39, 0.29) is 0 Å². The quantitative estimate of drug-likeness (QED) is 0.891. The molecule has 0 bridgehead atoms. The first-order valence-corrected chi connectivity index (χ1v) is 5.97. The fourth-order valence-electron chi connectivity index (χ4n) is 1.30. The largest absolute Gasteiger partial charge is 0.321 e. The molecule has 1 N–H and O–H groups in total. The second-order valence-corrected chi connectivity index (χ2v) is 4.46. The molecule has 15 heavy (non-hydrogen) atoms. The summed E-state index contributed by atoms with van der Waals surface area (Å²) in [5, 5.41) is 8.21. The van der Waals surface area contributed by atoms with Gasteiger partial charge in [-0.05, 0) is 22.4 Å². The Hall–Kier alpha value is -0.840. The van der Waals surface area contributed by atoms with Crippen LogP contribution in [0.2, 0.25) is 5.15 Å². The molecule has 2 aromatic heterocycles. The molecule has 0 aliphatic carbocycles. The van der Waals surface area contributed by atoms with Crippen molar-refractivity contribution >= 4 is 22.9 Å². The smallest absolute Gasteiger partial charge is 0.128 e. The Kier molecular flexibility index (Phi) is 3.41. The van der Waals surface area contributed by atoms with Gasteiger partial charge in [0.2, 0.25) is 0 Å². The van der Waals surface area contributed by atoms with Gasteiger partial charge in [-0.1, -0.05) is 11.6 Å². The number of hydrogen-bond donors (Lipinski definition) is 1. The maximum absolute atomic E-state index is 5.88. The van der Waals surface area contributed by atoms with Gasteiger partial charge in [-0.15, -0.1) is 0 Å². The van der Waals surface area contributed by atoms with Gasteiger partial charge in [0, 0.05) is 13.6 Å². The minimum atomic E-state index is 0.669. The van der Waals surface area contributed by atoms with E-state index in [0.29, 0.717) is 5.15 Å². The Morgan fingerprint density at radius 2 is 2.40 bits per heavy atom. The molecule has 0 aliphatic rings. The zero-order valence-electron chi connectivity index (χ0n) is 8.40. The van der Waals surface area contributed by atoms with Crippen molar-refractivity contribution in [2.75, 3.05) is 0 Å². The summed E-state index contributed by atoms with van der Waals surface area (Å²) in [5.74, 6) is 0.954. The molecule has 2 rings (SSSR count). The average Bonchev–Trinajstić information content (AvgIpc) is 2.83. The highest BCUT2D eigenvalue weighted by Gasteiger charge is 2.03. The molecule has 2 heterocycles. The molecule has 0 unspecified atom stereocenters. The van der Waals surface area contributed by atoms with Gasteiger partial charge in [0.05, 0.1) is 12.7 Å². The first kappa shape index (κ1) is 10.7. The van der Waals surface area contributed by atoms with Crippen molar-refractivity contribution in [2.45, 2.75) is 13.1 Å². The van der Waals surface area contributed by atoms with E-state index in [1.165, 1.54) is 5.56 Å². The molecule has 80 valence electrons. The molecule has 0 aromatic carbocycles. The molecule has 2 aromatic rings. The van der Waals surface area contributed by atoms with E-state index in [1.54, 1.807) is 17.5 Å². The summed E-state index contributed by atoms with van der Waals surface area (Å²) >= 11 is 7.59. The van der Waals surface area contributed by atoms with Crippen LogP contribution in [0, 0.1) is 0 Å². The second kappa shape index (κ2) is 4.79. The predicted molar refractivity (Wildman–Crippen MR) is 63.1 cm³/mol. The van der Waals surface area contributed by atoms with Crippen LogP contribution >= 0.6 is 22.9 Å². The van der Waals surface area contributed by atoms with Crippen LogP contribution in [0.25, 0.3) is 0 Å². The number of aromatic nitrogens is 2. The molecule has 0 fully saturated rings. The van der Waals surface area contributed by atoms with Crippen molar-refractivity contribution in [3.63, 3.8) is 0 Å². The van der Waals surface area contributed by atoms with Gasteiger partial charge in [-0.3, -0.25) is 0 Å². The minimum absolute atomic E-state index is 0.669. The van der Waals surface area contributed by atoms with Gasteiger partial charge in [0.25, 0.3) is 0 Å². The molecule has 0 spiro atoms. The molecule has 0 radical (unpaired) electrons. The topological polar surface area (TPSA) is 29.9 Å². The maximum Gasteiger partial charge on any atom is 0.128 e. The van der Waals surface area contributed by atoms with E-state index in [9.17, 15) is 0 Å². The molecular weight excluding hydrogens is 230 g/mol. The van der Waals surface area contributed by atoms with Crippen LogP contribution in [0.15, 0.2) is 23.0 Å². The van der Waals surface area contributed by atoms with Crippen molar-refractivity contribution in [1.29, 1.82) is 0 Å². The van der Waals surface area contributed by atoms with Crippen molar-refractivity contribution < 1.29 is 0 Å². The van der Waals surface area contributed by atoms with Gasteiger partial charge in [-0.2, -0.15) is 11.3 Å². The van der Waals surface area contributed by atoms with Crippen molar-refractivity contribution in [1.82, 2.24) is 14.9 Å². The lowest BCUT2D eigenvalue weighted by atomic mass is 10.3. The average molecular weight is 242 g/mol. The molecule has 0 aliphatic heterocycles. The third kappa shape index (κ3) is 2.59. The number of hydrogen-bond acceptors (Lipinski definition) is 3. The number of nitrogens with one attached hydrogen (secondary N) is 1. The second-order valence-electron chi connectivity index (χ2n) is 3.29. The number of thiophene rings is 1. The van der Waals surface area contributed by atoms with E-state index in [1.807, 2.05) is 11.6 Å². The van der Waals surface area contributed by atoms with Crippen LogP contribution in [0.4, 0.5) is 0 Å². The highest BCUT2D eigenvalue weighted by atomic mass is 35.5. The predicted octanol–water partition coefficient (Wildman–Crippen LogP) is 2.42. The first-order valence-electron chi connectivity index (χ1n) is 4.65. The van der Waals surface area contributed by atoms with Crippen molar-refractivity contribution in [2.24, 2.45) is 7.05 Å². The number of imidazole rings is 1. The summed E-state index contributed by atoms with van der Waals surface area (Å²) in [4.78, 5) is 4.21. The van der Waals surface area contributed by atoms with Gasteiger partial charge < -0.3 is 9.88 Å². The van der Waals surface area contributed by atoms with Crippen molar-refractivity contribution in [3.05, 3.63) is 39.6 Å². The van der Waals surface area contributed by atoms with Gasteiger partial charge in [0.1, 0.15) is 11.0 Å². The lowest BCUT2D eigenvalue weighted by Crippen LogP contribution is -2.15. The summed E-state index contributed by atoms with van der Waals surface area (Å²) in [6, 6.07) is 2.11. The summed E-state index contributed by atoms with van der Waals surface area (Å²) in [6.45, 7) is 1.60. The van der Waals surface area contributed by atoms with Crippen LogP contribution < -0.4 is 5.32 Å². The normalized spacial score (nSPS) is 10.8. The number of rotatable bonds is 4. The lowest BCUT2D eigenvalue weighted by Gasteiger charge is -2.03. The summed E-state index contributed by atoms with van der Waals surface area (Å²) in [5.41, 5.74) is 1.31. The van der Waals surface area contributed by atoms with Crippen LogP contribution in [0.1, 0.15) is 11.4 Å². The molecular formula is C10H12ClN3S. The summed E-state index contributed by atoms with van der Waals surface area (Å²) < 4.78 is 1.88. The third-order valence-corrected chi connectivity index (χ3v) is 3.30. The first-order chi connectivity index (χ1) is 7.27. The molecule has 5 heteroatoms. The van der Waals surface area contributed by atoms with Crippen LogP contribution in [-0.4, -0.2) is 9.55 Å². The highest BCUT2D eigenvalue weighted by molar-refractivity contribution is 7.07. The van der Waals surface area contributed by atoms with Gasteiger partial charge in [0.15, 0.2) is 0 Å². The zero-order chi connectivity index (χ0) is 10.7. The molecule has 0 saturated heterocycles. The maximum atomic E-state index is 5.88. The Labute approximate surface area is 97.7 Å². The highest BCUT2D eigenvalue weighted by Crippen LogP contribution is 2.09. The molecule has 0 saturated carbocycles. The fourth-order valence-corrected chi connectivity index (χ4v) is 2.12. The number of halogens is 1. The lowest BCUT2D eigenvalue weighted by molar-refractivity contribution is 0.640. The zero-order valence-corrected chi connectivity index (χ0v) is 9.98. The molecule has 0 amide bonds. The van der Waals surface area contributed by atoms with E-state index >= 15 is 0 Å². The Morgan fingerprint density at radius 1 is 1.53 bits per heavy atom. The Balaban J connectivity index is 1.86. The molecule has 3 nitrogen and oxygen atoms in total. The SMILES string of the molecule is Cn1c(Cl)cnc1CNCc1ccsc1. The van der Waals surface area contributed by atoms with E-state index in [2.05, 4.69) is 27.1 Å². The molecule has 0 atom stereocenters. The fraction of sp³-hybridized carbons (Fsp3) is 0.300. The van der Waals surface area contributed by atoms with Gasteiger partial charge in [-0.25, -0.2) is 4.98 Å². The van der Waals surface area contributed by atoms with Crippen molar-refractivity contribution in [3.8, 4) is 0 Å². The van der Waals surface area contributed by atoms with Crippen LogP contribution in [0.5, 0.6) is 0 Å². The van der Waals surface area contributed by atoms with Crippen LogP contribution in [-0.2, 0) is 20.1 Å². The Bertz CT molecular complexity index is 422. The number of nitrogens with zero attached hydrogens (tertiary/aromatic N) is 2. The summed E-state index contributed by atoms with van der Waals surface area (Å²) in [6.07, 6.45) is 1.67. The van der Waals surface area contributed by atoms with E-state index < -0.39 is 0 Å². The van der Waals surface area contributed by atoms with Crippen LogP contribution in [0.3, 0.4) is 0 Å². The van der Waals surface area contributed by atoms with Gasteiger partial charge >= 0.3 is 0 Å². The minimum Gasteiger partial charge on any atom is -0.321 e.